The van der Waals surface area contributed by atoms with E-state index in [9.17, 15) is 24.5 Å². The monoisotopic (exact) mass is 392 g/mol. The minimum absolute atomic E-state index is 0.0866. The number of methoxy groups -OCH3 is 1. The highest BCUT2D eigenvalue weighted by Gasteiger charge is 2.21. The lowest BCUT2D eigenvalue weighted by atomic mass is 10.0. The maximum atomic E-state index is 13.4. The summed E-state index contributed by atoms with van der Waals surface area (Å²) in [5, 5.41) is 24.4. The number of carbonyl (C=O) groups is 1. The molecule has 0 aliphatic heterocycles. The number of ether oxygens (including phenoxy) is 1. The molecule has 0 saturated heterocycles. The summed E-state index contributed by atoms with van der Waals surface area (Å²) < 4.78 is 18.7. The molecule has 1 atom stereocenters. The maximum absolute atomic E-state index is 13.4. The Morgan fingerprint density at radius 3 is 2.68 bits per heavy atom. The Balaban J connectivity index is 2.58. The molecule has 2 rings (SSSR count). The number of esters is 1. The summed E-state index contributed by atoms with van der Waals surface area (Å²) in [5.41, 5.74) is -0.318. The second kappa shape index (κ2) is 8.98. The van der Waals surface area contributed by atoms with Crippen molar-refractivity contribution < 1.29 is 24.1 Å². The zero-order valence-electron chi connectivity index (χ0n) is 15.6. The zero-order valence-corrected chi connectivity index (χ0v) is 15.6. The van der Waals surface area contributed by atoms with E-state index in [1.54, 1.807) is 0 Å². The second-order valence-corrected chi connectivity index (χ2v) is 6.46. The molecule has 10 heteroatoms. The molecule has 150 valence electrons. The van der Waals surface area contributed by atoms with Crippen LogP contribution in [0.5, 0.6) is 0 Å². The van der Waals surface area contributed by atoms with Crippen molar-refractivity contribution >= 4 is 23.2 Å². The first-order chi connectivity index (χ1) is 13.2. The highest BCUT2D eigenvalue weighted by atomic mass is 19.1. The topological polar surface area (TPSA) is 119 Å². The van der Waals surface area contributed by atoms with Crippen LogP contribution in [0.1, 0.15) is 20.3 Å². The molecule has 0 spiro atoms. The number of benzene rings is 1. The molecule has 1 aromatic carbocycles. The average molecular weight is 392 g/mol. The van der Waals surface area contributed by atoms with Crippen molar-refractivity contribution in [2.24, 2.45) is 10.9 Å². The van der Waals surface area contributed by atoms with E-state index in [1.165, 1.54) is 25.3 Å². The fraction of sp³-hybridized carbons (Fsp3) is 0.333. The minimum atomic E-state index is -0.951. The molecule has 0 fully saturated rings. The van der Waals surface area contributed by atoms with E-state index in [0.717, 1.165) is 18.2 Å². The van der Waals surface area contributed by atoms with Gasteiger partial charge in [-0.05, 0) is 30.5 Å². The number of aromatic nitrogens is 1. The number of nitrogens with one attached hydrogen (secondary N) is 1. The smallest absolute Gasteiger partial charge is 0.330 e. The van der Waals surface area contributed by atoms with E-state index in [4.69, 9.17) is 4.74 Å². The maximum Gasteiger partial charge on any atom is 0.330 e. The predicted octanol–water partition coefficient (Wildman–Crippen LogP) is 3.00. The lowest BCUT2D eigenvalue weighted by molar-refractivity contribution is -0.385. The molecule has 0 aliphatic rings. The van der Waals surface area contributed by atoms with Gasteiger partial charge in [0.15, 0.2) is 11.3 Å². The molecule has 0 aliphatic carbocycles. The largest absolute Gasteiger partial charge is 0.467 e. The number of nitrogens with zero attached hydrogens (tertiary/aromatic N) is 3. The van der Waals surface area contributed by atoms with E-state index in [-0.39, 0.29) is 28.6 Å². The Labute approximate surface area is 160 Å². The second-order valence-electron chi connectivity index (χ2n) is 6.46. The van der Waals surface area contributed by atoms with Gasteiger partial charge in [0.05, 0.1) is 24.2 Å². The van der Waals surface area contributed by atoms with Crippen LogP contribution in [-0.2, 0) is 9.53 Å². The minimum Gasteiger partial charge on any atom is -0.467 e. The average Bonchev–Trinajstić information content (AvgIpc) is 2.63. The van der Waals surface area contributed by atoms with Gasteiger partial charge in [0.2, 0.25) is 0 Å². The first-order valence-electron chi connectivity index (χ1n) is 8.46. The first kappa shape index (κ1) is 20.9. The van der Waals surface area contributed by atoms with Crippen LogP contribution in [0.25, 0.3) is 0 Å². The highest BCUT2D eigenvalue weighted by Crippen LogP contribution is 2.20. The molecular formula is C18H21FN4O5. The number of hydrogen-bond donors (Lipinski definition) is 2. The predicted molar refractivity (Wildman–Crippen MR) is 98.8 cm³/mol. The third-order valence-corrected chi connectivity index (χ3v) is 3.77. The molecule has 2 aromatic rings. The summed E-state index contributed by atoms with van der Waals surface area (Å²) in [6.07, 6.45) is 0.321. The van der Waals surface area contributed by atoms with Gasteiger partial charge in [0.25, 0.3) is 5.69 Å². The van der Waals surface area contributed by atoms with E-state index in [1.807, 2.05) is 13.8 Å². The van der Waals surface area contributed by atoms with Crippen LogP contribution in [0.3, 0.4) is 0 Å². The lowest BCUT2D eigenvalue weighted by Crippen LogP contribution is -2.29. The van der Waals surface area contributed by atoms with Crippen molar-refractivity contribution in [2.75, 3.05) is 12.4 Å². The molecule has 2 N–H and O–H groups in total. The Bertz CT molecular complexity index is 942. The van der Waals surface area contributed by atoms with Gasteiger partial charge in [-0.25, -0.2) is 14.2 Å². The summed E-state index contributed by atoms with van der Waals surface area (Å²) in [7, 11) is 1.21. The van der Waals surface area contributed by atoms with Crippen LogP contribution in [0.4, 0.5) is 21.6 Å². The third-order valence-electron chi connectivity index (χ3n) is 3.77. The van der Waals surface area contributed by atoms with Crippen LogP contribution >= 0.6 is 0 Å². The Morgan fingerprint density at radius 1 is 1.39 bits per heavy atom. The molecule has 28 heavy (non-hydrogen) atoms. The first-order valence-corrected chi connectivity index (χ1v) is 8.46. The van der Waals surface area contributed by atoms with E-state index >= 15 is 0 Å². The molecule has 0 saturated carbocycles. The summed E-state index contributed by atoms with van der Waals surface area (Å²) in [6, 6.07) is 6.51. The normalized spacial score (nSPS) is 12.7. The van der Waals surface area contributed by atoms with E-state index in [0.29, 0.717) is 11.2 Å². The standard InChI is InChI=1S/C18H21FN4O5/c1-11(2)7-15(18(24)28-3)21-17-10-14(23(26)27)9-16(22(17)25)20-13-6-4-5-12(19)8-13/h4-6,8-11,15,20,25H,7H2,1-3H3/t15-/m0/s1. The van der Waals surface area contributed by atoms with Gasteiger partial charge in [0.1, 0.15) is 11.9 Å². The molecule has 0 bridgehead atoms. The zero-order chi connectivity index (χ0) is 20.8. The molecule has 1 heterocycles. The molecule has 0 unspecified atom stereocenters. The van der Waals surface area contributed by atoms with Crippen molar-refractivity contribution in [3.8, 4) is 0 Å². The van der Waals surface area contributed by atoms with Gasteiger partial charge < -0.3 is 15.3 Å². The van der Waals surface area contributed by atoms with Crippen LogP contribution in [0.15, 0.2) is 41.4 Å². The summed E-state index contributed by atoms with van der Waals surface area (Å²) in [5.74, 6) is -1.18. The number of hydrogen-bond acceptors (Lipinski definition) is 7. The van der Waals surface area contributed by atoms with Gasteiger partial charge in [-0.1, -0.05) is 19.9 Å². The van der Waals surface area contributed by atoms with Gasteiger partial charge in [-0.2, -0.15) is 4.73 Å². The summed E-state index contributed by atoms with van der Waals surface area (Å²) in [4.78, 5) is 26.8. The number of pyridine rings is 1. The number of nitro groups is 1. The lowest BCUT2D eigenvalue weighted by Gasteiger charge is -2.14. The van der Waals surface area contributed by atoms with Gasteiger partial charge in [-0.15, -0.1) is 0 Å². The molecule has 0 radical (unpaired) electrons. The van der Waals surface area contributed by atoms with Gasteiger partial charge >= 0.3 is 5.97 Å². The van der Waals surface area contributed by atoms with Crippen molar-refractivity contribution in [1.29, 1.82) is 0 Å². The SMILES string of the molecule is COC(=O)[C@H](CC(C)C)N=c1cc([N+](=O)[O-])cc(Nc2cccc(F)c2)n1O. The number of carbonyl (C=O) groups excluding carboxylic acids is 1. The third kappa shape index (κ3) is 5.29. The van der Waals surface area contributed by atoms with Gasteiger partial charge in [0, 0.05) is 5.69 Å². The highest BCUT2D eigenvalue weighted by molar-refractivity contribution is 5.75. The van der Waals surface area contributed by atoms with E-state index in [2.05, 4.69) is 10.3 Å². The van der Waals surface area contributed by atoms with E-state index < -0.39 is 22.8 Å². The number of rotatable bonds is 7. The fourth-order valence-electron chi connectivity index (χ4n) is 2.50. The van der Waals surface area contributed by atoms with Crippen molar-refractivity contribution in [1.82, 2.24) is 4.73 Å². The molecule has 0 amide bonds. The molecule has 1 aromatic heterocycles. The molecule has 9 nitrogen and oxygen atoms in total. The quantitative estimate of drug-likeness (QED) is 0.324. The number of anilines is 2. The summed E-state index contributed by atoms with van der Waals surface area (Å²) in [6.45, 7) is 3.76. The number of halogens is 1. The van der Waals surface area contributed by atoms with Crippen LogP contribution in [0, 0.1) is 21.8 Å². The fourth-order valence-corrected chi connectivity index (χ4v) is 2.50. The molecular weight excluding hydrogens is 371 g/mol. The Kier molecular flexibility index (Phi) is 6.69. The van der Waals surface area contributed by atoms with Crippen LogP contribution < -0.4 is 10.8 Å². The summed E-state index contributed by atoms with van der Waals surface area (Å²) >= 11 is 0. The van der Waals surface area contributed by atoms with Crippen LogP contribution in [-0.4, -0.2) is 34.0 Å². The van der Waals surface area contributed by atoms with Crippen LogP contribution in [0.2, 0.25) is 0 Å². The Hall–Kier alpha value is -3.43. The van der Waals surface area contributed by atoms with Crippen molar-refractivity contribution in [3.05, 3.63) is 57.8 Å². The van der Waals surface area contributed by atoms with Crippen molar-refractivity contribution in [3.63, 3.8) is 0 Å². The van der Waals surface area contributed by atoms with Gasteiger partial charge in [-0.3, -0.25) is 10.1 Å². The Morgan fingerprint density at radius 2 is 2.11 bits per heavy atom. The van der Waals surface area contributed by atoms with Crippen molar-refractivity contribution in [2.45, 2.75) is 26.3 Å².